The number of halogens is 2. The Morgan fingerprint density at radius 3 is 2.63 bits per heavy atom. The van der Waals surface area contributed by atoms with Crippen LogP contribution in [0, 0.1) is 5.82 Å². The standard InChI is InChI=1S/C20H18ClFN4O/c21-13-7-8-17-15(11-13)19(14-5-1-2-6-16(14)22)23-12-18(24-17)20(25-27)26-9-3-4-10-26/h1-2,5-8,11,27H,3-4,9-10,12H2. The number of hydrogen-bond acceptors (Lipinski definition) is 4. The number of likely N-dealkylation sites (tertiary alicyclic amines) is 1. The third-order valence-corrected chi connectivity index (χ3v) is 4.98. The van der Waals surface area contributed by atoms with Crippen molar-refractivity contribution >= 4 is 34.5 Å². The molecule has 1 fully saturated rings. The second-order valence-electron chi connectivity index (χ2n) is 6.48. The largest absolute Gasteiger partial charge is 0.409 e. The van der Waals surface area contributed by atoms with Crippen LogP contribution in [0.3, 0.4) is 0 Å². The van der Waals surface area contributed by atoms with E-state index in [0.29, 0.717) is 39.1 Å². The van der Waals surface area contributed by atoms with Gasteiger partial charge in [0.15, 0.2) is 5.84 Å². The lowest BCUT2D eigenvalue weighted by molar-refractivity contribution is 0.308. The molecule has 27 heavy (non-hydrogen) atoms. The number of aliphatic imine (C=N–C) groups is 2. The summed E-state index contributed by atoms with van der Waals surface area (Å²) in [7, 11) is 0. The Balaban J connectivity index is 1.84. The molecule has 2 aromatic rings. The van der Waals surface area contributed by atoms with Gasteiger partial charge in [0, 0.05) is 29.2 Å². The maximum Gasteiger partial charge on any atom is 0.191 e. The zero-order valence-electron chi connectivity index (χ0n) is 14.6. The van der Waals surface area contributed by atoms with Gasteiger partial charge in [-0.25, -0.2) is 9.38 Å². The third kappa shape index (κ3) is 3.45. The summed E-state index contributed by atoms with van der Waals surface area (Å²) in [6, 6.07) is 11.7. The van der Waals surface area contributed by atoms with Gasteiger partial charge in [0.2, 0.25) is 0 Å². The SMILES string of the molecule is ON=C(C1=Nc2ccc(Cl)cc2C(c2ccccc2F)=NC1)N1CCCC1. The van der Waals surface area contributed by atoms with Crippen molar-refractivity contribution in [2.45, 2.75) is 12.8 Å². The highest BCUT2D eigenvalue weighted by atomic mass is 35.5. The molecule has 2 heterocycles. The minimum atomic E-state index is -0.360. The minimum absolute atomic E-state index is 0.186. The quantitative estimate of drug-likeness (QED) is 0.363. The monoisotopic (exact) mass is 384 g/mol. The molecule has 0 atom stereocenters. The van der Waals surface area contributed by atoms with Crippen LogP contribution in [0.15, 0.2) is 57.6 Å². The summed E-state index contributed by atoms with van der Waals surface area (Å²) in [5, 5.41) is 13.6. The summed E-state index contributed by atoms with van der Waals surface area (Å²) in [5.74, 6) is 0.0631. The van der Waals surface area contributed by atoms with Gasteiger partial charge in [0.05, 0.1) is 17.9 Å². The molecular formula is C20H18ClFN4O. The van der Waals surface area contributed by atoms with Crippen molar-refractivity contribution in [3.8, 4) is 0 Å². The molecular weight excluding hydrogens is 367 g/mol. The van der Waals surface area contributed by atoms with E-state index >= 15 is 0 Å². The van der Waals surface area contributed by atoms with E-state index in [1.807, 2.05) is 4.90 Å². The molecule has 0 unspecified atom stereocenters. The van der Waals surface area contributed by atoms with E-state index < -0.39 is 0 Å². The van der Waals surface area contributed by atoms with Gasteiger partial charge >= 0.3 is 0 Å². The predicted molar refractivity (Wildman–Crippen MR) is 105 cm³/mol. The summed E-state index contributed by atoms with van der Waals surface area (Å²) < 4.78 is 14.4. The molecule has 0 saturated carbocycles. The molecule has 4 rings (SSSR count). The number of nitrogens with zero attached hydrogens (tertiary/aromatic N) is 4. The Morgan fingerprint density at radius 2 is 1.89 bits per heavy atom. The van der Waals surface area contributed by atoms with E-state index in [0.717, 1.165) is 25.9 Å². The second-order valence-corrected chi connectivity index (χ2v) is 6.92. The molecule has 2 aliphatic heterocycles. The molecule has 0 aliphatic carbocycles. The van der Waals surface area contributed by atoms with E-state index in [4.69, 9.17) is 11.6 Å². The van der Waals surface area contributed by atoms with Gasteiger partial charge in [-0.3, -0.25) is 4.99 Å². The molecule has 138 valence electrons. The van der Waals surface area contributed by atoms with E-state index in [-0.39, 0.29) is 12.4 Å². The van der Waals surface area contributed by atoms with Gasteiger partial charge in [0.25, 0.3) is 0 Å². The molecule has 0 amide bonds. The zero-order valence-corrected chi connectivity index (χ0v) is 15.3. The lowest BCUT2D eigenvalue weighted by atomic mass is 10.0. The van der Waals surface area contributed by atoms with Crippen molar-refractivity contribution in [3.05, 3.63) is 64.4 Å². The van der Waals surface area contributed by atoms with Crippen LogP contribution >= 0.6 is 11.6 Å². The lowest BCUT2D eigenvalue weighted by Gasteiger charge is -2.18. The maximum absolute atomic E-state index is 14.4. The Bertz CT molecular complexity index is 964. The Hall–Kier alpha value is -2.73. The van der Waals surface area contributed by atoms with Gasteiger partial charge in [0.1, 0.15) is 11.5 Å². The Morgan fingerprint density at radius 1 is 1.11 bits per heavy atom. The lowest BCUT2D eigenvalue weighted by Crippen LogP contribution is -2.35. The molecule has 0 radical (unpaired) electrons. The number of amidine groups is 1. The third-order valence-electron chi connectivity index (χ3n) is 4.74. The fourth-order valence-corrected chi connectivity index (χ4v) is 3.62. The fraction of sp³-hybridized carbons (Fsp3) is 0.250. The summed E-state index contributed by atoms with van der Waals surface area (Å²) in [5.41, 5.74) is 2.70. The van der Waals surface area contributed by atoms with E-state index in [2.05, 4.69) is 15.1 Å². The molecule has 7 heteroatoms. The van der Waals surface area contributed by atoms with E-state index in [9.17, 15) is 9.60 Å². The van der Waals surface area contributed by atoms with Crippen LogP contribution in [0.2, 0.25) is 5.02 Å². The van der Waals surface area contributed by atoms with Gasteiger partial charge in [-0.15, -0.1) is 0 Å². The molecule has 1 N–H and O–H groups in total. The normalized spacial score (nSPS) is 17.3. The first-order valence-electron chi connectivity index (χ1n) is 8.81. The van der Waals surface area contributed by atoms with Gasteiger partial charge in [-0.05, 0) is 43.2 Å². The van der Waals surface area contributed by atoms with Crippen LogP contribution in [0.4, 0.5) is 10.1 Å². The van der Waals surface area contributed by atoms with Crippen LogP contribution in [0.5, 0.6) is 0 Å². The first-order chi connectivity index (χ1) is 13.2. The Kier molecular flexibility index (Phi) is 4.90. The average Bonchev–Trinajstić information content (AvgIpc) is 3.13. The smallest absolute Gasteiger partial charge is 0.191 e. The number of rotatable bonds is 2. The summed E-state index contributed by atoms with van der Waals surface area (Å²) >= 11 is 6.18. The second kappa shape index (κ2) is 7.48. The van der Waals surface area contributed by atoms with Crippen molar-refractivity contribution in [1.82, 2.24) is 4.90 Å². The van der Waals surface area contributed by atoms with E-state index in [1.54, 1.807) is 36.4 Å². The zero-order chi connectivity index (χ0) is 18.8. The van der Waals surface area contributed by atoms with Crippen molar-refractivity contribution < 1.29 is 9.60 Å². The van der Waals surface area contributed by atoms with E-state index in [1.165, 1.54) is 6.07 Å². The average molecular weight is 385 g/mol. The molecule has 1 saturated heterocycles. The number of oxime groups is 1. The van der Waals surface area contributed by atoms with Crippen molar-refractivity contribution in [2.24, 2.45) is 15.1 Å². The number of fused-ring (bicyclic) bond motifs is 1. The highest BCUT2D eigenvalue weighted by Gasteiger charge is 2.25. The summed E-state index contributed by atoms with van der Waals surface area (Å²) in [6.45, 7) is 1.82. The molecule has 5 nitrogen and oxygen atoms in total. The van der Waals surface area contributed by atoms with Crippen LogP contribution in [-0.2, 0) is 0 Å². The minimum Gasteiger partial charge on any atom is -0.409 e. The molecule has 0 spiro atoms. The van der Waals surface area contributed by atoms with Gasteiger partial charge in [-0.1, -0.05) is 28.9 Å². The highest BCUT2D eigenvalue weighted by Crippen LogP contribution is 2.29. The first kappa shape index (κ1) is 17.7. The summed E-state index contributed by atoms with van der Waals surface area (Å²) in [6.07, 6.45) is 2.09. The highest BCUT2D eigenvalue weighted by molar-refractivity contribution is 6.43. The van der Waals surface area contributed by atoms with Crippen LogP contribution in [0.25, 0.3) is 0 Å². The summed E-state index contributed by atoms with van der Waals surface area (Å²) in [4.78, 5) is 11.3. The maximum atomic E-state index is 14.4. The molecule has 0 bridgehead atoms. The molecule has 0 aromatic heterocycles. The van der Waals surface area contributed by atoms with Crippen molar-refractivity contribution in [3.63, 3.8) is 0 Å². The topological polar surface area (TPSA) is 60.6 Å². The fourth-order valence-electron chi connectivity index (χ4n) is 3.45. The van der Waals surface area contributed by atoms with Gasteiger partial charge < -0.3 is 10.1 Å². The first-order valence-corrected chi connectivity index (χ1v) is 9.19. The van der Waals surface area contributed by atoms with Crippen LogP contribution in [0.1, 0.15) is 24.0 Å². The van der Waals surface area contributed by atoms with Crippen molar-refractivity contribution in [2.75, 3.05) is 19.6 Å². The van der Waals surface area contributed by atoms with Crippen LogP contribution in [-0.4, -0.2) is 47.0 Å². The van der Waals surface area contributed by atoms with Gasteiger partial charge in [-0.2, -0.15) is 0 Å². The van der Waals surface area contributed by atoms with Crippen molar-refractivity contribution in [1.29, 1.82) is 0 Å². The number of benzene rings is 2. The predicted octanol–water partition coefficient (Wildman–Crippen LogP) is 4.29. The van der Waals surface area contributed by atoms with Crippen LogP contribution < -0.4 is 0 Å². The Labute approximate surface area is 161 Å². The molecule has 2 aliphatic rings. The number of hydrogen-bond donors (Lipinski definition) is 1. The molecule has 2 aromatic carbocycles.